The molecule has 29 heavy (non-hydrogen) atoms. The number of amides is 1. The van der Waals surface area contributed by atoms with Gasteiger partial charge in [-0.1, -0.05) is 5.92 Å². The number of carbonyl (C=O) groups excluding carboxylic acids is 1. The van der Waals surface area contributed by atoms with Crippen molar-refractivity contribution in [2.24, 2.45) is 0 Å². The van der Waals surface area contributed by atoms with Gasteiger partial charge in [-0.15, -0.1) is 6.42 Å². The molecule has 0 bridgehead atoms. The van der Waals surface area contributed by atoms with E-state index in [0.717, 1.165) is 0 Å². The number of hydrogen-bond donors (Lipinski definition) is 0. The molecule has 1 aliphatic heterocycles. The Hall–Kier alpha value is -3.42. The normalized spacial score (nSPS) is 13.1. The van der Waals surface area contributed by atoms with E-state index in [1.165, 1.54) is 0 Å². The van der Waals surface area contributed by atoms with Crippen molar-refractivity contribution in [3.63, 3.8) is 0 Å². The van der Waals surface area contributed by atoms with E-state index in [-0.39, 0.29) is 0 Å². The average Bonchev–Trinajstić information content (AvgIpc) is 2.69. The van der Waals surface area contributed by atoms with Gasteiger partial charge in [-0.25, -0.2) is 22.0 Å². The second-order valence-electron chi connectivity index (χ2n) is 5.63. The number of carbonyl (C=O) groups is 1. The molecule has 1 amide bonds. The van der Waals surface area contributed by atoms with Crippen molar-refractivity contribution in [2.75, 3.05) is 25.2 Å². The van der Waals surface area contributed by atoms with Crippen molar-refractivity contribution >= 4 is 11.6 Å². The molecular formula is C18H8F7NO3. The van der Waals surface area contributed by atoms with Gasteiger partial charge in [0, 0.05) is 0 Å². The average molecular weight is 419 g/mol. The Morgan fingerprint density at radius 1 is 0.931 bits per heavy atom. The number of rotatable bonds is 3. The summed E-state index contributed by atoms with van der Waals surface area (Å²) in [7, 11) is 0.684. The summed E-state index contributed by atoms with van der Waals surface area (Å²) < 4.78 is 109. The number of halogens is 7. The van der Waals surface area contributed by atoms with Crippen LogP contribution < -0.4 is 14.4 Å². The van der Waals surface area contributed by atoms with Gasteiger partial charge in [0.2, 0.25) is 11.6 Å². The molecule has 1 heterocycles. The number of ether oxygens (including phenoxy) is 2. The fourth-order valence-corrected chi connectivity index (χ4v) is 2.83. The van der Waals surface area contributed by atoms with Crippen LogP contribution in [0.1, 0.15) is 0 Å². The van der Waals surface area contributed by atoms with Crippen molar-refractivity contribution in [2.45, 2.75) is 0 Å². The van der Waals surface area contributed by atoms with E-state index >= 15 is 4.39 Å². The van der Waals surface area contributed by atoms with Crippen molar-refractivity contribution in [1.82, 2.24) is 0 Å². The number of nitrogens with zero attached hydrogens (tertiary/aromatic N) is 1. The largest absolute Gasteiger partial charge is 0.491 e. The van der Waals surface area contributed by atoms with Crippen LogP contribution in [0.4, 0.5) is 36.4 Å². The Kier molecular flexibility index (Phi) is 5.04. The molecular weight excluding hydrogens is 411 g/mol. The maximum absolute atomic E-state index is 15.1. The van der Waals surface area contributed by atoms with Crippen LogP contribution in [0.3, 0.4) is 0 Å². The highest BCUT2D eigenvalue weighted by Crippen LogP contribution is 2.46. The SMILES string of the molecule is C#CCN1C(=O)COc2c(F)c(F)c(-c3c(F)c(F)c(F)c(OC)c3F)c(F)c21. The summed E-state index contributed by atoms with van der Waals surface area (Å²) in [6, 6.07) is 0. The van der Waals surface area contributed by atoms with Crippen LogP contribution in [0.2, 0.25) is 0 Å². The standard InChI is InChI=1S/C18H8F7NO3/c1-3-4-26-6(27)5-29-18-14(24)10(20)7(11(21)16(18)26)8-9(19)13(23)15(25)17(28-2)12(8)22/h1H,4-5H2,2H3. The summed E-state index contributed by atoms with van der Waals surface area (Å²) in [5.41, 5.74) is -4.57. The third kappa shape index (κ3) is 2.83. The van der Waals surface area contributed by atoms with Gasteiger partial charge in [0.05, 0.1) is 24.8 Å². The second kappa shape index (κ2) is 7.20. The van der Waals surface area contributed by atoms with Crippen LogP contribution in [0.15, 0.2) is 0 Å². The van der Waals surface area contributed by atoms with Crippen LogP contribution in [0.25, 0.3) is 11.1 Å². The molecule has 0 unspecified atom stereocenters. The number of terminal acetylenes is 1. The van der Waals surface area contributed by atoms with Crippen LogP contribution in [-0.2, 0) is 4.79 Å². The highest BCUT2D eigenvalue weighted by Gasteiger charge is 2.39. The maximum atomic E-state index is 15.1. The van der Waals surface area contributed by atoms with E-state index in [9.17, 15) is 31.1 Å². The van der Waals surface area contributed by atoms with Crippen molar-refractivity contribution in [1.29, 1.82) is 0 Å². The quantitative estimate of drug-likeness (QED) is 0.330. The number of methoxy groups -OCH3 is 1. The van der Waals surface area contributed by atoms with Gasteiger partial charge < -0.3 is 9.47 Å². The Morgan fingerprint density at radius 3 is 2.10 bits per heavy atom. The molecule has 3 rings (SSSR count). The minimum Gasteiger partial charge on any atom is -0.491 e. The first-order valence-electron chi connectivity index (χ1n) is 7.64. The van der Waals surface area contributed by atoms with Gasteiger partial charge in [-0.3, -0.25) is 9.69 Å². The van der Waals surface area contributed by atoms with E-state index in [2.05, 4.69) is 9.47 Å². The molecule has 2 aromatic rings. The van der Waals surface area contributed by atoms with Gasteiger partial charge >= 0.3 is 0 Å². The lowest BCUT2D eigenvalue weighted by molar-refractivity contribution is -0.121. The van der Waals surface area contributed by atoms with Gasteiger partial charge in [0.25, 0.3) is 5.91 Å². The molecule has 11 heteroatoms. The molecule has 4 nitrogen and oxygen atoms in total. The zero-order chi connectivity index (χ0) is 21.6. The summed E-state index contributed by atoms with van der Waals surface area (Å²) >= 11 is 0. The van der Waals surface area contributed by atoms with Gasteiger partial charge in [-0.2, -0.15) is 8.78 Å². The Morgan fingerprint density at radius 2 is 1.52 bits per heavy atom. The molecule has 0 fully saturated rings. The molecule has 0 atom stereocenters. The lowest BCUT2D eigenvalue weighted by Crippen LogP contribution is -2.40. The van der Waals surface area contributed by atoms with Crippen molar-refractivity contribution in [3.8, 4) is 35.0 Å². The predicted molar refractivity (Wildman–Crippen MR) is 84.8 cm³/mol. The van der Waals surface area contributed by atoms with Crippen LogP contribution in [0, 0.1) is 53.1 Å². The van der Waals surface area contributed by atoms with Gasteiger partial charge in [0.1, 0.15) is 5.69 Å². The molecule has 2 aromatic carbocycles. The Balaban J connectivity index is 2.46. The first kappa shape index (κ1) is 20.3. The molecule has 0 N–H and O–H groups in total. The maximum Gasteiger partial charge on any atom is 0.265 e. The van der Waals surface area contributed by atoms with E-state index < -0.39 is 88.1 Å². The lowest BCUT2D eigenvalue weighted by atomic mass is 9.99. The third-order valence-electron chi connectivity index (χ3n) is 4.09. The Bertz CT molecular complexity index is 1090. The molecule has 0 aromatic heterocycles. The van der Waals surface area contributed by atoms with E-state index in [1.54, 1.807) is 0 Å². The molecule has 152 valence electrons. The molecule has 0 saturated carbocycles. The fraction of sp³-hybridized carbons (Fsp3) is 0.167. The summed E-state index contributed by atoms with van der Waals surface area (Å²) in [4.78, 5) is 12.4. The van der Waals surface area contributed by atoms with E-state index in [1.807, 2.05) is 5.92 Å². The minimum absolute atomic E-state index is 0.479. The van der Waals surface area contributed by atoms with E-state index in [4.69, 9.17) is 6.42 Å². The second-order valence-corrected chi connectivity index (χ2v) is 5.63. The van der Waals surface area contributed by atoms with Crippen LogP contribution in [0.5, 0.6) is 11.5 Å². The number of fused-ring (bicyclic) bond motifs is 1. The smallest absolute Gasteiger partial charge is 0.265 e. The summed E-state index contributed by atoms with van der Waals surface area (Å²) in [5, 5.41) is 0. The number of benzene rings is 2. The zero-order valence-corrected chi connectivity index (χ0v) is 14.3. The molecule has 1 aliphatic rings. The lowest BCUT2D eigenvalue weighted by Gasteiger charge is -2.29. The van der Waals surface area contributed by atoms with Gasteiger partial charge in [-0.05, 0) is 0 Å². The molecule has 0 aliphatic carbocycles. The topological polar surface area (TPSA) is 38.8 Å². The fourth-order valence-electron chi connectivity index (χ4n) is 2.83. The summed E-state index contributed by atoms with van der Waals surface area (Å²) in [5.74, 6) is -16.3. The highest BCUT2D eigenvalue weighted by molar-refractivity contribution is 5.99. The third-order valence-corrected chi connectivity index (χ3v) is 4.09. The minimum atomic E-state index is -2.34. The van der Waals surface area contributed by atoms with Crippen LogP contribution in [-0.4, -0.2) is 26.2 Å². The highest BCUT2D eigenvalue weighted by atomic mass is 19.2. The first-order chi connectivity index (χ1) is 13.7. The van der Waals surface area contributed by atoms with Gasteiger partial charge in [0.15, 0.2) is 47.2 Å². The zero-order valence-electron chi connectivity index (χ0n) is 14.3. The summed E-state index contributed by atoms with van der Waals surface area (Å²) in [6.45, 7) is -1.44. The molecule has 0 radical (unpaired) electrons. The van der Waals surface area contributed by atoms with Crippen molar-refractivity contribution < 1.29 is 45.0 Å². The predicted octanol–water partition coefficient (Wildman–Crippen LogP) is 3.69. The van der Waals surface area contributed by atoms with Crippen molar-refractivity contribution in [3.05, 3.63) is 40.7 Å². The molecule has 0 spiro atoms. The number of anilines is 1. The first-order valence-corrected chi connectivity index (χ1v) is 7.64. The van der Waals surface area contributed by atoms with Crippen LogP contribution >= 0.6 is 0 Å². The summed E-state index contributed by atoms with van der Waals surface area (Å²) in [6.07, 6.45) is 5.07. The monoisotopic (exact) mass is 419 g/mol. The molecule has 0 saturated heterocycles. The Labute approximate surface area is 158 Å². The number of hydrogen-bond acceptors (Lipinski definition) is 3. The van der Waals surface area contributed by atoms with E-state index in [0.29, 0.717) is 12.0 Å².